The molecule has 0 unspecified atom stereocenters. The first-order valence-electron chi connectivity index (χ1n) is 9.96. The van der Waals surface area contributed by atoms with Crippen molar-refractivity contribution >= 4 is 27.7 Å². The molecule has 1 saturated heterocycles. The second-order valence-electron chi connectivity index (χ2n) is 7.34. The summed E-state index contributed by atoms with van der Waals surface area (Å²) in [6, 6.07) is 4.99. The molecule has 2 fully saturated rings. The van der Waals surface area contributed by atoms with Crippen LogP contribution in [0.3, 0.4) is 0 Å². The van der Waals surface area contributed by atoms with Gasteiger partial charge < -0.3 is 18.9 Å². The van der Waals surface area contributed by atoms with Gasteiger partial charge >= 0.3 is 0 Å². The van der Waals surface area contributed by atoms with E-state index in [1.807, 2.05) is 4.57 Å². The third-order valence-electron chi connectivity index (χ3n) is 5.39. The van der Waals surface area contributed by atoms with Gasteiger partial charge in [0, 0.05) is 38.3 Å². The average Bonchev–Trinajstić information content (AvgIpc) is 3.54. The molecule has 0 bridgehead atoms. The SMILES string of the molecule is COc1ccc(S(=O)(=O)N2CCN(C(=O)CSc3nncn3C3CC3)CC2)cc1OC. The van der Waals surface area contributed by atoms with Crippen molar-refractivity contribution in [1.29, 1.82) is 0 Å². The molecular weight excluding hydrogens is 442 g/mol. The van der Waals surface area contributed by atoms with Crippen LogP contribution >= 0.6 is 11.8 Å². The second kappa shape index (κ2) is 9.05. The summed E-state index contributed by atoms with van der Waals surface area (Å²) >= 11 is 1.38. The Morgan fingerprint density at radius 3 is 2.48 bits per heavy atom. The largest absolute Gasteiger partial charge is 0.493 e. The number of nitrogens with zero attached hydrogens (tertiary/aromatic N) is 5. The Morgan fingerprint density at radius 1 is 1.13 bits per heavy atom. The zero-order valence-electron chi connectivity index (χ0n) is 17.4. The Hall–Kier alpha value is -2.31. The lowest BCUT2D eigenvalue weighted by atomic mass is 10.3. The number of ether oxygens (including phenoxy) is 2. The highest BCUT2D eigenvalue weighted by Crippen LogP contribution is 2.37. The van der Waals surface area contributed by atoms with Gasteiger partial charge in [-0.25, -0.2) is 8.42 Å². The van der Waals surface area contributed by atoms with E-state index in [1.165, 1.54) is 42.4 Å². The molecule has 4 rings (SSSR count). The van der Waals surface area contributed by atoms with Gasteiger partial charge in [0.05, 0.1) is 24.9 Å². The molecular formula is C19H25N5O5S2. The normalized spacial score (nSPS) is 17.5. The molecule has 0 radical (unpaired) electrons. The number of thioether (sulfide) groups is 1. The number of hydrogen-bond acceptors (Lipinski definition) is 8. The summed E-state index contributed by atoms with van der Waals surface area (Å²) < 4.78 is 39.9. The molecule has 2 heterocycles. The van der Waals surface area contributed by atoms with Crippen LogP contribution in [0.1, 0.15) is 18.9 Å². The fourth-order valence-electron chi connectivity index (χ4n) is 3.46. The summed E-state index contributed by atoms with van der Waals surface area (Å²) in [5.74, 6) is 1.05. The van der Waals surface area contributed by atoms with Gasteiger partial charge in [0.25, 0.3) is 0 Å². The maximum atomic E-state index is 13.0. The van der Waals surface area contributed by atoms with Gasteiger partial charge in [0.1, 0.15) is 6.33 Å². The van der Waals surface area contributed by atoms with Crippen LogP contribution in [0.4, 0.5) is 0 Å². The third-order valence-corrected chi connectivity index (χ3v) is 8.23. The van der Waals surface area contributed by atoms with Gasteiger partial charge in [-0.2, -0.15) is 4.31 Å². The molecule has 31 heavy (non-hydrogen) atoms. The number of benzene rings is 1. The molecule has 2 aromatic rings. The molecule has 2 aliphatic rings. The Bertz CT molecular complexity index is 1050. The number of carbonyl (C=O) groups excluding carboxylic acids is 1. The number of amides is 1. The van der Waals surface area contributed by atoms with Gasteiger partial charge in [-0.05, 0) is 25.0 Å². The molecule has 0 atom stereocenters. The number of piperazine rings is 1. The van der Waals surface area contributed by atoms with Crippen molar-refractivity contribution in [3.63, 3.8) is 0 Å². The highest BCUT2D eigenvalue weighted by molar-refractivity contribution is 7.99. The summed E-state index contributed by atoms with van der Waals surface area (Å²) in [5.41, 5.74) is 0. The third kappa shape index (κ3) is 4.65. The maximum Gasteiger partial charge on any atom is 0.243 e. The predicted molar refractivity (Wildman–Crippen MR) is 114 cm³/mol. The number of rotatable bonds is 8. The molecule has 1 aromatic carbocycles. The molecule has 1 aliphatic heterocycles. The lowest BCUT2D eigenvalue weighted by molar-refractivity contribution is -0.129. The number of methoxy groups -OCH3 is 2. The van der Waals surface area contributed by atoms with E-state index in [0.717, 1.165) is 18.0 Å². The van der Waals surface area contributed by atoms with Crippen LogP contribution in [-0.2, 0) is 14.8 Å². The molecule has 1 saturated carbocycles. The number of carbonyl (C=O) groups is 1. The molecule has 1 amide bonds. The molecule has 0 spiro atoms. The Morgan fingerprint density at radius 2 is 1.84 bits per heavy atom. The van der Waals surface area contributed by atoms with Gasteiger partial charge in [-0.15, -0.1) is 10.2 Å². The molecule has 12 heteroatoms. The number of sulfonamides is 1. The highest BCUT2D eigenvalue weighted by atomic mass is 32.2. The minimum absolute atomic E-state index is 0.0292. The van der Waals surface area contributed by atoms with Crippen LogP contribution in [0.5, 0.6) is 11.5 Å². The topological polar surface area (TPSA) is 107 Å². The summed E-state index contributed by atoms with van der Waals surface area (Å²) in [7, 11) is -0.733. The average molecular weight is 468 g/mol. The molecule has 168 valence electrons. The van der Waals surface area contributed by atoms with Crippen molar-refractivity contribution in [3.05, 3.63) is 24.5 Å². The Labute approximate surface area is 185 Å². The fraction of sp³-hybridized carbons (Fsp3) is 0.526. The first-order chi connectivity index (χ1) is 14.9. The zero-order chi connectivity index (χ0) is 22.0. The second-order valence-corrected chi connectivity index (χ2v) is 10.2. The number of aromatic nitrogens is 3. The summed E-state index contributed by atoms with van der Waals surface area (Å²) in [6.45, 7) is 1.18. The molecule has 10 nitrogen and oxygen atoms in total. The van der Waals surface area contributed by atoms with E-state index in [9.17, 15) is 13.2 Å². The van der Waals surface area contributed by atoms with E-state index in [0.29, 0.717) is 30.6 Å². The maximum absolute atomic E-state index is 13.0. The quantitative estimate of drug-likeness (QED) is 0.534. The summed E-state index contributed by atoms with van der Waals surface area (Å²) in [4.78, 5) is 14.5. The zero-order valence-corrected chi connectivity index (χ0v) is 19.1. The minimum Gasteiger partial charge on any atom is -0.493 e. The van der Waals surface area contributed by atoms with Gasteiger partial charge in [-0.3, -0.25) is 4.79 Å². The lowest BCUT2D eigenvalue weighted by Crippen LogP contribution is -2.51. The first-order valence-corrected chi connectivity index (χ1v) is 12.4. The fourth-order valence-corrected chi connectivity index (χ4v) is 5.78. The van der Waals surface area contributed by atoms with Gasteiger partial charge in [-0.1, -0.05) is 11.8 Å². The smallest absolute Gasteiger partial charge is 0.243 e. The van der Waals surface area contributed by atoms with Crippen molar-refractivity contribution < 1.29 is 22.7 Å². The van der Waals surface area contributed by atoms with E-state index >= 15 is 0 Å². The van der Waals surface area contributed by atoms with Crippen LogP contribution in [0.25, 0.3) is 0 Å². The lowest BCUT2D eigenvalue weighted by Gasteiger charge is -2.34. The standard InChI is InChI=1S/C19H25N5O5S2/c1-28-16-6-5-15(11-17(16)29-2)31(26,27)23-9-7-22(8-10-23)18(25)12-30-19-21-20-13-24(19)14-3-4-14/h5-6,11,13-14H,3-4,7-10,12H2,1-2H3. The van der Waals surface area contributed by atoms with Gasteiger partial charge in [0.2, 0.25) is 15.9 Å². The monoisotopic (exact) mass is 467 g/mol. The Kier molecular flexibility index (Phi) is 6.39. The van der Waals surface area contributed by atoms with Crippen molar-refractivity contribution in [2.45, 2.75) is 28.9 Å². The van der Waals surface area contributed by atoms with Crippen molar-refractivity contribution in [1.82, 2.24) is 24.0 Å². The minimum atomic E-state index is -3.69. The highest BCUT2D eigenvalue weighted by Gasteiger charge is 2.31. The van der Waals surface area contributed by atoms with Crippen molar-refractivity contribution in [3.8, 4) is 11.5 Å². The van der Waals surface area contributed by atoms with E-state index < -0.39 is 10.0 Å². The molecule has 1 aliphatic carbocycles. The molecule has 0 N–H and O–H groups in total. The number of hydrogen-bond donors (Lipinski definition) is 0. The Balaban J connectivity index is 1.34. The van der Waals surface area contributed by atoms with Crippen molar-refractivity contribution in [2.24, 2.45) is 0 Å². The summed E-state index contributed by atoms with van der Waals surface area (Å²) in [6.07, 6.45) is 3.95. The van der Waals surface area contributed by atoms with E-state index in [2.05, 4.69) is 10.2 Å². The van der Waals surface area contributed by atoms with Crippen LogP contribution in [0.2, 0.25) is 0 Å². The first kappa shape index (κ1) is 21.9. The van der Waals surface area contributed by atoms with Crippen molar-refractivity contribution in [2.75, 3.05) is 46.2 Å². The predicted octanol–water partition coefficient (Wildman–Crippen LogP) is 1.26. The van der Waals surface area contributed by atoms with E-state index in [-0.39, 0.29) is 29.6 Å². The van der Waals surface area contributed by atoms with E-state index in [1.54, 1.807) is 17.3 Å². The van der Waals surface area contributed by atoms with Crippen LogP contribution in [-0.4, -0.2) is 84.4 Å². The van der Waals surface area contributed by atoms with Crippen LogP contribution in [0.15, 0.2) is 34.6 Å². The summed E-state index contributed by atoms with van der Waals surface area (Å²) in [5, 5.41) is 8.79. The molecule has 1 aromatic heterocycles. The van der Waals surface area contributed by atoms with Gasteiger partial charge in [0.15, 0.2) is 16.7 Å². The van der Waals surface area contributed by atoms with Crippen LogP contribution < -0.4 is 9.47 Å². The van der Waals surface area contributed by atoms with Crippen LogP contribution in [0, 0.1) is 0 Å². The van der Waals surface area contributed by atoms with E-state index in [4.69, 9.17) is 9.47 Å².